The smallest absolute Gasteiger partial charge is 0.118 e. The van der Waals surface area contributed by atoms with Gasteiger partial charge in [-0.2, -0.15) is 11.8 Å². The van der Waals surface area contributed by atoms with Crippen molar-refractivity contribution >= 4 is 11.8 Å². The molecule has 1 aromatic carbocycles. The van der Waals surface area contributed by atoms with Gasteiger partial charge in [0.05, 0.1) is 7.11 Å². The maximum absolute atomic E-state index is 5.23. The molecule has 92 valence electrons. The minimum absolute atomic E-state index is 0.803. The first-order valence-electron chi connectivity index (χ1n) is 6.48. The van der Waals surface area contributed by atoms with E-state index in [4.69, 9.17) is 4.74 Å². The van der Waals surface area contributed by atoms with Crippen molar-refractivity contribution in [1.82, 2.24) is 0 Å². The van der Waals surface area contributed by atoms with Crippen LogP contribution >= 0.6 is 11.8 Å². The fourth-order valence-electron chi connectivity index (χ4n) is 3.79. The largest absolute Gasteiger partial charge is 0.497 e. The predicted octanol–water partition coefficient (Wildman–Crippen LogP) is 3.94. The average Bonchev–Trinajstić information content (AvgIpc) is 2.98. The van der Waals surface area contributed by atoms with Crippen LogP contribution in [0.2, 0.25) is 0 Å². The number of hydrogen-bond donors (Lipinski definition) is 0. The molecule has 2 bridgehead atoms. The van der Waals surface area contributed by atoms with Gasteiger partial charge < -0.3 is 4.74 Å². The Labute approximate surface area is 108 Å². The molecule has 3 rings (SSSR count). The lowest BCUT2D eigenvalue weighted by Crippen LogP contribution is -2.20. The van der Waals surface area contributed by atoms with Crippen molar-refractivity contribution in [2.45, 2.75) is 30.4 Å². The van der Waals surface area contributed by atoms with Gasteiger partial charge in [-0.25, -0.2) is 0 Å². The van der Waals surface area contributed by atoms with Crippen LogP contribution in [-0.2, 0) is 0 Å². The quantitative estimate of drug-likeness (QED) is 0.801. The maximum atomic E-state index is 5.23. The molecular weight excluding hydrogens is 228 g/mol. The third-order valence-corrected chi connectivity index (χ3v) is 5.75. The zero-order valence-electron chi connectivity index (χ0n) is 10.6. The van der Waals surface area contributed by atoms with Crippen molar-refractivity contribution in [3.05, 3.63) is 29.8 Å². The summed E-state index contributed by atoms with van der Waals surface area (Å²) in [5.74, 6) is 3.68. The van der Waals surface area contributed by atoms with E-state index in [0.29, 0.717) is 0 Å². The first-order valence-corrected chi connectivity index (χ1v) is 7.77. The van der Waals surface area contributed by atoms with Crippen LogP contribution in [0, 0.1) is 11.8 Å². The molecule has 2 fully saturated rings. The van der Waals surface area contributed by atoms with Gasteiger partial charge in [0.25, 0.3) is 0 Å². The second-order valence-corrected chi connectivity index (χ2v) is 6.47. The summed E-state index contributed by atoms with van der Waals surface area (Å²) in [4.78, 5) is 0. The summed E-state index contributed by atoms with van der Waals surface area (Å²) in [6.07, 6.45) is 6.60. The molecule has 0 aromatic heterocycles. The van der Waals surface area contributed by atoms with E-state index in [2.05, 4.69) is 42.3 Å². The number of fused-ring (bicyclic) bond motifs is 2. The fraction of sp³-hybridized carbons (Fsp3) is 0.600. The van der Waals surface area contributed by atoms with Gasteiger partial charge in [0.2, 0.25) is 0 Å². The van der Waals surface area contributed by atoms with Crippen LogP contribution in [0.25, 0.3) is 0 Å². The van der Waals surface area contributed by atoms with Crippen molar-refractivity contribution in [3.8, 4) is 5.75 Å². The van der Waals surface area contributed by atoms with Crippen molar-refractivity contribution in [1.29, 1.82) is 0 Å². The van der Waals surface area contributed by atoms with Crippen LogP contribution in [0.3, 0.4) is 0 Å². The third kappa shape index (κ3) is 1.97. The third-order valence-electron chi connectivity index (χ3n) is 4.60. The lowest BCUT2D eigenvalue weighted by Gasteiger charge is -2.28. The summed E-state index contributed by atoms with van der Waals surface area (Å²) in [5.41, 5.74) is 1.53. The highest BCUT2D eigenvalue weighted by Gasteiger charge is 2.46. The molecule has 2 saturated carbocycles. The monoisotopic (exact) mass is 248 g/mol. The van der Waals surface area contributed by atoms with Gasteiger partial charge in [-0.15, -0.1) is 0 Å². The summed E-state index contributed by atoms with van der Waals surface area (Å²) in [5, 5.41) is 0.904. The van der Waals surface area contributed by atoms with Gasteiger partial charge in [0.1, 0.15) is 5.75 Å². The van der Waals surface area contributed by atoms with E-state index in [9.17, 15) is 0 Å². The van der Waals surface area contributed by atoms with E-state index in [1.54, 1.807) is 7.11 Å². The number of methoxy groups -OCH3 is 1. The Hall–Kier alpha value is -0.630. The SMILES string of the molecule is COc1ccc([C@H]2C[C@@H]3C[C@H]2[C@H](SC)C3)cc1. The van der Waals surface area contributed by atoms with E-state index in [-0.39, 0.29) is 0 Å². The minimum Gasteiger partial charge on any atom is -0.497 e. The Morgan fingerprint density at radius 1 is 1.12 bits per heavy atom. The highest BCUT2D eigenvalue weighted by Crippen LogP contribution is 2.56. The Morgan fingerprint density at radius 2 is 1.88 bits per heavy atom. The standard InChI is InChI=1S/C15H20OS/c1-16-12-5-3-11(4-6-12)13-7-10-8-14(13)15(9-10)17-2/h3-6,10,13-15H,7-9H2,1-2H3/t10-,13-,14-,15-/m1/s1. The minimum atomic E-state index is 0.803. The molecule has 0 radical (unpaired) electrons. The van der Waals surface area contributed by atoms with E-state index < -0.39 is 0 Å². The summed E-state index contributed by atoms with van der Waals surface area (Å²) < 4.78 is 5.23. The Bertz CT molecular complexity index is 386. The van der Waals surface area contributed by atoms with E-state index in [1.165, 1.54) is 24.8 Å². The van der Waals surface area contributed by atoms with Gasteiger partial charge >= 0.3 is 0 Å². The van der Waals surface area contributed by atoms with Crippen LogP contribution in [0.15, 0.2) is 24.3 Å². The van der Waals surface area contributed by atoms with Crippen molar-refractivity contribution < 1.29 is 4.74 Å². The van der Waals surface area contributed by atoms with E-state index in [1.807, 2.05) is 0 Å². The topological polar surface area (TPSA) is 9.23 Å². The molecular formula is C15H20OS. The molecule has 2 aliphatic rings. The molecule has 1 nitrogen and oxygen atoms in total. The normalized spacial score (nSPS) is 35.2. The van der Waals surface area contributed by atoms with Gasteiger partial charge in [0.15, 0.2) is 0 Å². The average molecular weight is 248 g/mol. The molecule has 0 aliphatic heterocycles. The highest BCUT2D eigenvalue weighted by molar-refractivity contribution is 7.99. The highest BCUT2D eigenvalue weighted by atomic mass is 32.2. The summed E-state index contributed by atoms with van der Waals surface area (Å²) in [6, 6.07) is 8.74. The van der Waals surface area contributed by atoms with Crippen molar-refractivity contribution in [3.63, 3.8) is 0 Å². The molecule has 4 atom stereocenters. The molecule has 2 aliphatic carbocycles. The molecule has 0 amide bonds. The molecule has 2 heteroatoms. The summed E-state index contributed by atoms with van der Waals surface area (Å²) in [7, 11) is 1.73. The lowest BCUT2D eigenvalue weighted by atomic mass is 9.83. The molecule has 0 unspecified atom stereocenters. The molecule has 0 N–H and O–H groups in total. The van der Waals surface area contributed by atoms with Gasteiger partial charge in [-0.1, -0.05) is 12.1 Å². The van der Waals surface area contributed by atoms with Crippen molar-refractivity contribution in [2.75, 3.05) is 13.4 Å². The van der Waals surface area contributed by atoms with Crippen LogP contribution < -0.4 is 4.74 Å². The Balaban J connectivity index is 1.80. The number of rotatable bonds is 3. The zero-order chi connectivity index (χ0) is 11.8. The molecule has 0 spiro atoms. The number of ether oxygens (including phenoxy) is 1. The first kappa shape index (κ1) is 11.5. The van der Waals surface area contributed by atoms with Crippen molar-refractivity contribution in [2.24, 2.45) is 11.8 Å². The van der Waals surface area contributed by atoms with Crippen LogP contribution in [0.1, 0.15) is 30.7 Å². The summed E-state index contributed by atoms with van der Waals surface area (Å²) in [6.45, 7) is 0. The lowest BCUT2D eigenvalue weighted by molar-refractivity contribution is 0.412. The van der Waals surface area contributed by atoms with E-state index >= 15 is 0 Å². The maximum Gasteiger partial charge on any atom is 0.118 e. The second kappa shape index (κ2) is 4.56. The van der Waals surface area contributed by atoms with Gasteiger partial charge in [-0.3, -0.25) is 0 Å². The molecule has 17 heavy (non-hydrogen) atoms. The van der Waals surface area contributed by atoms with Crippen LogP contribution in [0.4, 0.5) is 0 Å². The Kier molecular flexibility index (Phi) is 3.08. The summed E-state index contributed by atoms with van der Waals surface area (Å²) >= 11 is 2.08. The first-order chi connectivity index (χ1) is 8.31. The fourth-order valence-corrected chi connectivity index (χ4v) is 4.91. The van der Waals surface area contributed by atoms with Crippen LogP contribution in [-0.4, -0.2) is 18.6 Å². The van der Waals surface area contributed by atoms with Gasteiger partial charge in [-0.05, 0) is 61.0 Å². The zero-order valence-corrected chi connectivity index (χ0v) is 11.4. The molecule has 0 saturated heterocycles. The number of benzene rings is 1. The van der Waals surface area contributed by atoms with Crippen LogP contribution in [0.5, 0.6) is 5.75 Å². The van der Waals surface area contributed by atoms with Gasteiger partial charge in [0, 0.05) is 5.25 Å². The second-order valence-electron chi connectivity index (χ2n) is 5.39. The number of thioether (sulfide) groups is 1. The predicted molar refractivity (Wildman–Crippen MR) is 73.9 cm³/mol. The molecule has 0 heterocycles. The Morgan fingerprint density at radius 3 is 2.47 bits per heavy atom. The number of hydrogen-bond acceptors (Lipinski definition) is 2. The molecule has 1 aromatic rings. The van der Waals surface area contributed by atoms with E-state index in [0.717, 1.165) is 28.8 Å².